The average molecular weight is 324 g/mol. The maximum absolute atomic E-state index is 13.1. The first-order valence-corrected chi connectivity index (χ1v) is 8.29. The van der Waals surface area contributed by atoms with Crippen LogP contribution in [0.15, 0.2) is 24.3 Å². The van der Waals surface area contributed by atoms with Crippen LogP contribution in [0.25, 0.3) is 11.3 Å². The molecule has 8 heteroatoms. The highest BCUT2D eigenvalue weighted by Crippen LogP contribution is 2.29. The lowest BCUT2D eigenvalue weighted by molar-refractivity contribution is 0.358. The van der Waals surface area contributed by atoms with Crippen molar-refractivity contribution in [3.05, 3.63) is 41.3 Å². The van der Waals surface area contributed by atoms with Crippen molar-refractivity contribution in [1.82, 2.24) is 18.8 Å². The van der Waals surface area contributed by atoms with Gasteiger partial charge in [0.15, 0.2) is 0 Å². The van der Waals surface area contributed by atoms with Crippen molar-refractivity contribution < 1.29 is 12.8 Å². The zero-order chi connectivity index (χ0) is 15.9. The van der Waals surface area contributed by atoms with E-state index in [1.807, 2.05) is 0 Å². The number of hydrogen-bond donors (Lipinski definition) is 1. The molecule has 0 saturated heterocycles. The minimum Gasteiger partial charge on any atom is -0.282 e. The normalized spacial score (nSPS) is 16.0. The van der Waals surface area contributed by atoms with Crippen LogP contribution in [0.5, 0.6) is 0 Å². The molecule has 0 unspecified atom stereocenters. The first-order valence-electron chi connectivity index (χ1n) is 6.89. The lowest BCUT2D eigenvalue weighted by Gasteiger charge is -2.28. The van der Waals surface area contributed by atoms with E-state index in [1.54, 1.807) is 12.1 Å². The second-order valence-electron chi connectivity index (χ2n) is 5.41. The number of hydrogen-bond acceptors (Lipinski definition) is 3. The Kier molecular flexibility index (Phi) is 3.75. The smallest absolute Gasteiger partial charge is 0.281 e. The third kappa shape index (κ3) is 2.53. The van der Waals surface area contributed by atoms with Gasteiger partial charge in [-0.05, 0) is 24.3 Å². The number of nitrogens with zero attached hydrogens (tertiary/aromatic N) is 3. The van der Waals surface area contributed by atoms with E-state index < -0.39 is 10.2 Å². The molecule has 0 saturated carbocycles. The highest BCUT2D eigenvalue weighted by molar-refractivity contribution is 7.86. The van der Waals surface area contributed by atoms with E-state index in [1.165, 1.54) is 34.8 Å². The largest absolute Gasteiger partial charge is 0.282 e. The number of aromatic amines is 1. The van der Waals surface area contributed by atoms with Gasteiger partial charge in [-0.15, -0.1) is 0 Å². The fourth-order valence-corrected chi connectivity index (χ4v) is 3.62. The van der Waals surface area contributed by atoms with Crippen LogP contribution in [0.4, 0.5) is 4.39 Å². The van der Waals surface area contributed by atoms with Crippen molar-refractivity contribution in [3.63, 3.8) is 0 Å². The molecule has 22 heavy (non-hydrogen) atoms. The van der Waals surface area contributed by atoms with Gasteiger partial charge in [-0.3, -0.25) is 5.10 Å². The van der Waals surface area contributed by atoms with E-state index >= 15 is 0 Å². The predicted molar refractivity (Wildman–Crippen MR) is 80.7 cm³/mol. The van der Waals surface area contributed by atoms with Crippen molar-refractivity contribution >= 4 is 10.2 Å². The second kappa shape index (κ2) is 5.45. The highest BCUT2D eigenvalue weighted by Gasteiger charge is 2.31. The van der Waals surface area contributed by atoms with Gasteiger partial charge in [0.1, 0.15) is 5.82 Å². The molecule has 0 spiro atoms. The summed E-state index contributed by atoms with van der Waals surface area (Å²) < 4.78 is 40.2. The third-order valence-corrected chi connectivity index (χ3v) is 5.69. The molecule has 118 valence electrons. The Morgan fingerprint density at radius 2 is 1.95 bits per heavy atom. The number of benzene rings is 1. The molecule has 0 atom stereocenters. The van der Waals surface area contributed by atoms with Crippen LogP contribution in [0.3, 0.4) is 0 Å². The predicted octanol–water partition coefficient (Wildman–Crippen LogP) is 1.38. The molecular formula is C14H17FN4O2S. The first-order chi connectivity index (χ1) is 10.4. The molecule has 0 amide bonds. The molecule has 6 nitrogen and oxygen atoms in total. The average Bonchev–Trinajstić information content (AvgIpc) is 2.91. The van der Waals surface area contributed by atoms with Gasteiger partial charge in [0.05, 0.1) is 5.69 Å². The third-order valence-electron chi connectivity index (χ3n) is 3.80. The summed E-state index contributed by atoms with van der Waals surface area (Å²) in [5.41, 5.74) is 3.23. The Bertz CT molecular complexity index is 784. The van der Waals surface area contributed by atoms with Crippen molar-refractivity contribution in [2.75, 3.05) is 20.6 Å². The van der Waals surface area contributed by atoms with Gasteiger partial charge in [0.2, 0.25) is 0 Å². The second-order valence-corrected chi connectivity index (χ2v) is 7.55. The van der Waals surface area contributed by atoms with Crippen LogP contribution >= 0.6 is 0 Å². The van der Waals surface area contributed by atoms with E-state index in [0.717, 1.165) is 16.8 Å². The minimum atomic E-state index is -3.46. The zero-order valence-corrected chi connectivity index (χ0v) is 13.2. The molecule has 1 aliphatic heterocycles. The topological polar surface area (TPSA) is 69.3 Å². The summed E-state index contributed by atoms with van der Waals surface area (Å²) in [6, 6.07) is 6.03. The van der Waals surface area contributed by atoms with Crippen LogP contribution in [0, 0.1) is 5.82 Å². The molecule has 0 fully saturated rings. The molecule has 0 aliphatic carbocycles. The summed E-state index contributed by atoms with van der Waals surface area (Å²) in [6.07, 6.45) is 0.580. The molecule has 2 heterocycles. The molecule has 1 aromatic carbocycles. The number of H-pyrrole nitrogens is 1. The van der Waals surface area contributed by atoms with Crippen molar-refractivity contribution in [2.45, 2.75) is 13.0 Å². The Morgan fingerprint density at radius 1 is 1.27 bits per heavy atom. The molecule has 3 rings (SSSR count). The molecule has 0 radical (unpaired) electrons. The van der Waals surface area contributed by atoms with Gasteiger partial charge in [-0.1, -0.05) is 0 Å². The van der Waals surface area contributed by atoms with Crippen molar-refractivity contribution in [1.29, 1.82) is 0 Å². The summed E-state index contributed by atoms with van der Waals surface area (Å²) >= 11 is 0. The van der Waals surface area contributed by atoms with Gasteiger partial charge < -0.3 is 0 Å². The quantitative estimate of drug-likeness (QED) is 0.927. The van der Waals surface area contributed by atoms with Gasteiger partial charge >= 0.3 is 0 Å². The molecule has 0 bridgehead atoms. The highest BCUT2D eigenvalue weighted by atomic mass is 32.2. The maximum atomic E-state index is 13.1. The number of fused-ring (bicyclic) bond motifs is 1. The lowest BCUT2D eigenvalue weighted by atomic mass is 10.0. The fraction of sp³-hybridized carbons (Fsp3) is 0.357. The van der Waals surface area contributed by atoms with E-state index in [0.29, 0.717) is 18.7 Å². The molecular weight excluding hydrogens is 307 g/mol. The molecule has 1 aromatic heterocycles. The molecule has 1 N–H and O–H groups in total. The fourth-order valence-electron chi connectivity index (χ4n) is 2.54. The minimum absolute atomic E-state index is 0.263. The number of rotatable bonds is 3. The Morgan fingerprint density at radius 3 is 2.59 bits per heavy atom. The van der Waals surface area contributed by atoms with Gasteiger partial charge in [0, 0.05) is 50.4 Å². The maximum Gasteiger partial charge on any atom is 0.281 e. The van der Waals surface area contributed by atoms with Crippen LogP contribution in [-0.4, -0.2) is 47.9 Å². The van der Waals surface area contributed by atoms with E-state index in [-0.39, 0.29) is 12.4 Å². The summed E-state index contributed by atoms with van der Waals surface area (Å²) in [5, 5.41) is 7.24. The van der Waals surface area contributed by atoms with Gasteiger partial charge in [-0.25, -0.2) is 4.39 Å². The van der Waals surface area contributed by atoms with E-state index in [2.05, 4.69) is 10.2 Å². The van der Waals surface area contributed by atoms with Crippen LogP contribution in [0.2, 0.25) is 0 Å². The van der Waals surface area contributed by atoms with Crippen LogP contribution in [0.1, 0.15) is 11.3 Å². The zero-order valence-electron chi connectivity index (χ0n) is 12.4. The lowest BCUT2D eigenvalue weighted by Crippen LogP contribution is -2.42. The van der Waals surface area contributed by atoms with Crippen LogP contribution < -0.4 is 0 Å². The standard InChI is InChI=1S/C14H17FN4O2S/c1-18(2)22(20,21)19-8-7-13-12(9-19)14(17-16-13)10-3-5-11(15)6-4-10/h3-6H,7-9H2,1-2H3,(H,16,17). The van der Waals surface area contributed by atoms with Crippen molar-refractivity contribution in [3.8, 4) is 11.3 Å². The molecule has 1 aliphatic rings. The SMILES string of the molecule is CN(C)S(=O)(=O)N1CCc2[nH]nc(-c3ccc(F)cc3)c2C1. The monoisotopic (exact) mass is 324 g/mol. The number of halogens is 1. The summed E-state index contributed by atoms with van der Waals surface area (Å²) in [6.45, 7) is 0.678. The Labute approximate surface area is 128 Å². The Hall–Kier alpha value is -1.77. The summed E-state index contributed by atoms with van der Waals surface area (Å²) in [7, 11) is -0.431. The van der Waals surface area contributed by atoms with Crippen LogP contribution in [-0.2, 0) is 23.2 Å². The summed E-state index contributed by atoms with van der Waals surface area (Å²) in [4.78, 5) is 0. The Balaban J connectivity index is 1.97. The van der Waals surface area contributed by atoms with E-state index in [9.17, 15) is 12.8 Å². The van der Waals surface area contributed by atoms with Gasteiger partial charge in [0.25, 0.3) is 10.2 Å². The van der Waals surface area contributed by atoms with Crippen molar-refractivity contribution in [2.24, 2.45) is 0 Å². The number of nitrogens with one attached hydrogen (secondary N) is 1. The first kappa shape index (κ1) is 15.1. The summed E-state index contributed by atoms with van der Waals surface area (Å²) in [5.74, 6) is -0.315. The number of aromatic nitrogens is 2. The van der Waals surface area contributed by atoms with Gasteiger partial charge in [-0.2, -0.15) is 22.1 Å². The molecule has 2 aromatic rings. The van der Waals surface area contributed by atoms with E-state index in [4.69, 9.17) is 0 Å².